The minimum Gasteiger partial charge on any atom is -0.494 e. The number of rotatable bonds is 7. The molecule has 0 aromatic heterocycles. The van der Waals surface area contributed by atoms with Crippen molar-refractivity contribution in [2.75, 3.05) is 6.61 Å². The smallest absolute Gasteiger partial charge is 0.119 e. The fraction of sp³-hybridized carbons (Fsp3) is 0.333. The molecule has 2 N–H and O–H groups in total. The van der Waals surface area contributed by atoms with Gasteiger partial charge in [-0.1, -0.05) is 42.5 Å². The van der Waals surface area contributed by atoms with Gasteiger partial charge in [-0.2, -0.15) is 0 Å². The molecule has 1 unspecified atom stereocenters. The first kappa shape index (κ1) is 14.6. The molecule has 0 bridgehead atoms. The van der Waals surface area contributed by atoms with Crippen LogP contribution in [0.1, 0.15) is 24.5 Å². The molecule has 0 spiro atoms. The molecule has 2 aromatic rings. The Labute approximate surface area is 121 Å². The second-order valence-electron chi connectivity index (χ2n) is 5.26. The third kappa shape index (κ3) is 5.06. The van der Waals surface area contributed by atoms with Crippen LogP contribution in [0.25, 0.3) is 0 Å². The van der Waals surface area contributed by atoms with Gasteiger partial charge in [0.05, 0.1) is 6.61 Å². The summed E-state index contributed by atoms with van der Waals surface area (Å²) in [5, 5.41) is 0. The van der Waals surface area contributed by atoms with E-state index in [1.165, 1.54) is 11.1 Å². The maximum absolute atomic E-state index is 5.78. The SMILES string of the molecule is CC(N)Cc1ccc(OCCCc2ccccc2)cc1. The second-order valence-corrected chi connectivity index (χ2v) is 5.26. The largest absolute Gasteiger partial charge is 0.494 e. The first-order valence-electron chi connectivity index (χ1n) is 7.25. The van der Waals surface area contributed by atoms with Gasteiger partial charge >= 0.3 is 0 Å². The maximum Gasteiger partial charge on any atom is 0.119 e. The van der Waals surface area contributed by atoms with E-state index in [0.29, 0.717) is 0 Å². The van der Waals surface area contributed by atoms with E-state index < -0.39 is 0 Å². The molecule has 0 radical (unpaired) electrons. The molecule has 0 amide bonds. The lowest BCUT2D eigenvalue weighted by atomic mass is 10.1. The second kappa shape index (κ2) is 7.71. The zero-order valence-electron chi connectivity index (χ0n) is 12.1. The van der Waals surface area contributed by atoms with E-state index in [4.69, 9.17) is 10.5 Å². The Hall–Kier alpha value is -1.80. The van der Waals surface area contributed by atoms with Crippen LogP contribution in [-0.4, -0.2) is 12.6 Å². The third-order valence-corrected chi connectivity index (χ3v) is 3.20. The highest BCUT2D eigenvalue weighted by atomic mass is 16.5. The van der Waals surface area contributed by atoms with Crippen LogP contribution < -0.4 is 10.5 Å². The van der Waals surface area contributed by atoms with Gasteiger partial charge in [-0.25, -0.2) is 0 Å². The van der Waals surface area contributed by atoms with Gasteiger partial charge in [0.1, 0.15) is 5.75 Å². The summed E-state index contributed by atoms with van der Waals surface area (Å²) < 4.78 is 5.76. The van der Waals surface area contributed by atoms with E-state index in [-0.39, 0.29) is 6.04 Å². The standard InChI is InChI=1S/C18H23NO/c1-15(19)14-17-9-11-18(12-10-17)20-13-5-8-16-6-3-2-4-7-16/h2-4,6-7,9-12,15H,5,8,13-14,19H2,1H3. The third-order valence-electron chi connectivity index (χ3n) is 3.20. The lowest BCUT2D eigenvalue weighted by molar-refractivity contribution is 0.311. The van der Waals surface area contributed by atoms with Gasteiger partial charge in [0, 0.05) is 6.04 Å². The summed E-state index contributed by atoms with van der Waals surface area (Å²) in [6.07, 6.45) is 3.00. The van der Waals surface area contributed by atoms with Crippen molar-refractivity contribution in [3.05, 3.63) is 65.7 Å². The number of benzene rings is 2. The molecule has 0 saturated heterocycles. The van der Waals surface area contributed by atoms with Gasteiger partial charge in [0.25, 0.3) is 0 Å². The van der Waals surface area contributed by atoms with Crippen LogP contribution in [0.15, 0.2) is 54.6 Å². The topological polar surface area (TPSA) is 35.2 Å². The molecule has 0 fully saturated rings. The van der Waals surface area contributed by atoms with E-state index in [2.05, 4.69) is 36.4 Å². The van der Waals surface area contributed by atoms with Crippen LogP contribution in [0, 0.1) is 0 Å². The van der Waals surface area contributed by atoms with E-state index in [0.717, 1.165) is 31.6 Å². The van der Waals surface area contributed by atoms with Gasteiger partial charge in [-0.05, 0) is 49.4 Å². The molecule has 2 nitrogen and oxygen atoms in total. The molecule has 0 aliphatic rings. The number of hydrogen-bond donors (Lipinski definition) is 1. The van der Waals surface area contributed by atoms with Crippen LogP contribution in [0.2, 0.25) is 0 Å². The van der Waals surface area contributed by atoms with Crippen molar-refractivity contribution in [3.63, 3.8) is 0 Å². The van der Waals surface area contributed by atoms with Crippen molar-refractivity contribution in [2.24, 2.45) is 5.73 Å². The van der Waals surface area contributed by atoms with Crippen molar-refractivity contribution in [2.45, 2.75) is 32.2 Å². The van der Waals surface area contributed by atoms with Crippen LogP contribution in [0.3, 0.4) is 0 Å². The molecule has 2 heteroatoms. The molecule has 2 rings (SSSR count). The Morgan fingerprint density at radius 2 is 1.65 bits per heavy atom. The van der Waals surface area contributed by atoms with Crippen LogP contribution in [-0.2, 0) is 12.8 Å². The summed E-state index contributed by atoms with van der Waals surface area (Å²) in [4.78, 5) is 0. The van der Waals surface area contributed by atoms with Gasteiger partial charge in [0.2, 0.25) is 0 Å². The summed E-state index contributed by atoms with van der Waals surface area (Å²) in [6.45, 7) is 2.77. The van der Waals surface area contributed by atoms with E-state index in [1.807, 2.05) is 25.1 Å². The quantitative estimate of drug-likeness (QED) is 0.780. The number of aryl methyl sites for hydroxylation is 1. The monoisotopic (exact) mass is 269 g/mol. The Bertz CT molecular complexity index is 491. The fourth-order valence-corrected chi connectivity index (χ4v) is 2.20. The van der Waals surface area contributed by atoms with Gasteiger partial charge in [-0.15, -0.1) is 0 Å². The summed E-state index contributed by atoms with van der Waals surface area (Å²) >= 11 is 0. The fourth-order valence-electron chi connectivity index (χ4n) is 2.20. The maximum atomic E-state index is 5.78. The van der Waals surface area contributed by atoms with Gasteiger partial charge < -0.3 is 10.5 Å². The number of hydrogen-bond acceptors (Lipinski definition) is 2. The van der Waals surface area contributed by atoms with Crippen LogP contribution in [0.5, 0.6) is 5.75 Å². The Balaban J connectivity index is 1.71. The molecule has 2 aromatic carbocycles. The van der Waals surface area contributed by atoms with Crippen molar-refractivity contribution in [3.8, 4) is 5.75 Å². The molecule has 106 valence electrons. The summed E-state index contributed by atoms with van der Waals surface area (Å²) in [7, 11) is 0. The van der Waals surface area contributed by atoms with Crippen molar-refractivity contribution in [1.82, 2.24) is 0 Å². The molecular formula is C18H23NO. The average molecular weight is 269 g/mol. The van der Waals surface area contributed by atoms with Crippen LogP contribution >= 0.6 is 0 Å². The van der Waals surface area contributed by atoms with Gasteiger partial charge in [-0.3, -0.25) is 0 Å². The Morgan fingerprint density at radius 3 is 2.30 bits per heavy atom. The molecule has 1 atom stereocenters. The molecule has 20 heavy (non-hydrogen) atoms. The number of nitrogens with two attached hydrogens (primary N) is 1. The minimum absolute atomic E-state index is 0.202. The van der Waals surface area contributed by atoms with E-state index >= 15 is 0 Å². The molecular weight excluding hydrogens is 246 g/mol. The Morgan fingerprint density at radius 1 is 0.950 bits per heavy atom. The van der Waals surface area contributed by atoms with E-state index in [1.54, 1.807) is 0 Å². The van der Waals surface area contributed by atoms with Crippen molar-refractivity contribution < 1.29 is 4.74 Å². The first-order valence-corrected chi connectivity index (χ1v) is 7.25. The van der Waals surface area contributed by atoms with Gasteiger partial charge in [0.15, 0.2) is 0 Å². The predicted octanol–water partition coefficient (Wildman–Crippen LogP) is 3.59. The first-order chi connectivity index (χ1) is 9.74. The highest BCUT2D eigenvalue weighted by molar-refractivity contribution is 5.27. The molecule has 0 saturated carbocycles. The summed E-state index contributed by atoms with van der Waals surface area (Å²) in [6, 6.07) is 19.0. The zero-order chi connectivity index (χ0) is 14.2. The Kier molecular flexibility index (Phi) is 5.63. The highest BCUT2D eigenvalue weighted by Gasteiger charge is 1.99. The summed E-state index contributed by atoms with van der Waals surface area (Å²) in [5.74, 6) is 0.937. The minimum atomic E-state index is 0.202. The summed E-state index contributed by atoms with van der Waals surface area (Å²) in [5.41, 5.74) is 8.41. The van der Waals surface area contributed by atoms with Crippen molar-refractivity contribution in [1.29, 1.82) is 0 Å². The predicted molar refractivity (Wildman–Crippen MR) is 84.1 cm³/mol. The normalized spacial score (nSPS) is 12.1. The van der Waals surface area contributed by atoms with Crippen LogP contribution in [0.4, 0.5) is 0 Å². The highest BCUT2D eigenvalue weighted by Crippen LogP contribution is 2.14. The molecule has 0 aliphatic heterocycles. The molecule has 0 heterocycles. The lowest BCUT2D eigenvalue weighted by Crippen LogP contribution is -2.17. The zero-order valence-corrected chi connectivity index (χ0v) is 12.1. The van der Waals surface area contributed by atoms with E-state index in [9.17, 15) is 0 Å². The van der Waals surface area contributed by atoms with Crippen molar-refractivity contribution >= 4 is 0 Å². The number of ether oxygens (including phenoxy) is 1. The lowest BCUT2D eigenvalue weighted by Gasteiger charge is -2.08. The molecule has 0 aliphatic carbocycles. The average Bonchev–Trinajstić information content (AvgIpc) is 2.46.